The molecule has 0 aliphatic carbocycles. The minimum Gasteiger partial charge on any atom is -0.507 e. The minimum atomic E-state index is -1.72. The lowest BCUT2D eigenvalue weighted by molar-refractivity contribution is -0.143. The number of anilines is 1. The molecule has 2 saturated heterocycles. The maximum Gasteiger partial charge on any atom is 0.296 e. The molecule has 2 amide bonds. The molecule has 204 valence electrons. The smallest absolute Gasteiger partial charge is 0.296 e. The molecule has 2 fully saturated rings. The predicted molar refractivity (Wildman–Crippen MR) is 145 cm³/mol. The first kappa shape index (κ1) is 25.6. The van der Waals surface area contributed by atoms with Crippen molar-refractivity contribution < 1.29 is 29.0 Å². The number of morpholine rings is 1. The van der Waals surface area contributed by atoms with Crippen molar-refractivity contribution in [2.24, 2.45) is 0 Å². The molecule has 4 aliphatic heterocycles. The van der Waals surface area contributed by atoms with Crippen LogP contribution in [-0.4, -0.2) is 84.5 Å². The van der Waals surface area contributed by atoms with E-state index in [1.54, 1.807) is 35.2 Å². The number of rotatable bonds is 6. The number of carbonyl (C=O) groups is 3. The Morgan fingerprint density at radius 1 is 1.08 bits per heavy atom. The van der Waals surface area contributed by atoms with Gasteiger partial charge in [0.05, 0.1) is 24.5 Å². The van der Waals surface area contributed by atoms with Crippen LogP contribution in [0.1, 0.15) is 37.0 Å². The lowest BCUT2D eigenvalue weighted by atomic mass is 9.81. The molecule has 9 nitrogen and oxygen atoms in total. The van der Waals surface area contributed by atoms with Gasteiger partial charge in [-0.05, 0) is 50.1 Å². The number of carbonyl (C=O) groups excluding carboxylic acids is 3. The Balaban J connectivity index is 1.48. The molecule has 0 aromatic heterocycles. The van der Waals surface area contributed by atoms with Crippen LogP contribution in [0.25, 0.3) is 5.76 Å². The zero-order valence-corrected chi connectivity index (χ0v) is 22.3. The molecule has 0 radical (unpaired) electrons. The summed E-state index contributed by atoms with van der Waals surface area (Å²) in [7, 11) is 0. The second-order valence-corrected chi connectivity index (χ2v) is 10.5. The monoisotopic (exact) mass is 531 g/mol. The van der Waals surface area contributed by atoms with Crippen molar-refractivity contribution in [2.45, 2.75) is 38.3 Å². The quantitative estimate of drug-likeness (QED) is 0.348. The largest absolute Gasteiger partial charge is 0.507 e. The number of amides is 2. The van der Waals surface area contributed by atoms with Gasteiger partial charge in [-0.2, -0.15) is 0 Å². The van der Waals surface area contributed by atoms with Crippen molar-refractivity contribution in [2.75, 3.05) is 50.8 Å². The summed E-state index contributed by atoms with van der Waals surface area (Å²) in [4.78, 5) is 47.0. The first-order valence-electron chi connectivity index (χ1n) is 13.7. The van der Waals surface area contributed by atoms with Gasteiger partial charge in [0.15, 0.2) is 5.54 Å². The Kier molecular flexibility index (Phi) is 6.43. The fourth-order valence-electron chi connectivity index (χ4n) is 6.47. The summed E-state index contributed by atoms with van der Waals surface area (Å²) in [5.74, 6) is -1.61. The molecular formula is C30H33N3O6. The molecule has 2 unspecified atom stereocenters. The van der Waals surface area contributed by atoms with E-state index in [1.165, 1.54) is 4.90 Å². The summed E-state index contributed by atoms with van der Waals surface area (Å²) in [5, 5.41) is 11.7. The molecule has 0 bridgehead atoms. The van der Waals surface area contributed by atoms with E-state index in [-0.39, 0.29) is 24.0 Å². The van der Waals surface area contributed by atoms with Gasteiger partial charge in [-0.3, -0.25) is 19.3 Å². The molecule has 0 saturated carbocycles. The Hall–Kier alpha value is -3.69. The molecule has 4 heterocycles. The standard InChI is InChI=1S/C30H33N3O6/c1-3-32-23-8-5-4-7-22(23)30(29(32)37)25(26(34)20-9-10-24-21(18-20)17-19(2)39-24)27(35)28(36)33(30)12-6-11-31-13-15-38-16-14-31/h4-5,7-10,18-19,34H,3,6,11-17H2,1-2H3/b26-25-. The SMILES string of the molecule is CCN1C(=O)C2(/C(=C(\O)c3ccc4c(c3)CC(C)O4)C(=O)C(=O)N2CCCN2CCOCC2)c2ccccc21. The zero-order valence-electron chi connectivity index (χ0n) is 22.3. The van der Waals surface area contributed by atoms with Crippen molar-refractivity contribution in [3.63, 3.8) is 0 Å². The number of fused-ring (bicyclic) bond motifs is 3. The van der Waals surface area contributed by atoms with Crippen LogP contribution in [0.5, 0.6) is 5.75 Å². The van der Waals surface area contributed by atoms with Gasteiger partial charge in [-0.25, -0.2) is 0 Å². The summed E-state index contributed by atoms with van der Waals surface area (Å²) < 4.78 is 11.2. The number of ether oxygens (including phenoxy) is 2. The summed E-state index contributed by atoms with van der Waals surface area (Å²) in [6.45, 7) is 8.02. The van der Waals surface area contributed by atoms with Crippen LogP contribution in [0.3, 0.4) is 0 Å². The molecule has 2 aromatic carbocycles. The first-order valence-corrected chi connectivity index (χ1v) is 13.7. The molecule has 1 N–H and O–H groups in total. The van der Waals surface area contributed by atoms with Gasteiger partial charge < -0.3 is 24.4 Å². The lowest BCUT2D eigenvalue weighted by Gasteiger charge is -2.35. The van der Waals surface area contributed by atoms with Gasteiger partial charge in [0.25, 0.3) is 17.6 Å². The number of likely N-dealkylation sites (tertiary alicyclic amines) is 1. The fraction of sp³-hybridized carbons (Fsp3) is 0.433. The van der Waals surface area contributed by atoms with Gasteiger partial charge in [0, 0.05) is 50.3 Å². The van der Waals surface area contributed by atoms with Crippen molar-refractivity contribution in [3.05, 3.63) is 64.7 Å². The van der Waals surface area contributed by atoms with Gasteiger partial charge in [0.2, 0.25) is 0 Å². The predicted octanol–water partition coefficient (Wildman–Crippen LogP) is 2.67. The molecule has 4 aliphatic rings. The number of hydrogen-bond acceptors (Lipinski definition) is 7. The molecule has 1 spiro atoms. The second kappa shape index (κ2) is 9.81. The summed E-state index contributed by atoms with van der Waals surface area (Å²) >= 11 is 0. The Labute approximate surface area is 227 Å². The molecular weight excluding hydrogens is 498 g/mol. The maximum atomic E-state index is 14.3. The summed E-state index contributed by atoms with van der Waals surface area (Å²) in [6, 6.07) is 12.5. The fourth-order valence-corrected chi connectivity index (χ4v) is 6.47. The Morgan fingerprint density at radius 3 is 2.62 bits per heavy atom. The van der Waals surface area contributed by atoms with E-state index in [0.29, 0.717) is 56.0 Å². The van der Waals surface area contributed by atoms with Gasteiger partial charge in [-0.15, -0.1) is 0 Å². The number of hydrogen-bond donors (Lipinski definition) is 1. The number of aliphatic hydroxyl groups is 1. The molecule has 2 aromatic rings. The van der Waals surface area contributed by atoms with Crippen LogP contribution in [0.4, 0.5) is 5.69 Å². The summed E-state index contributed by atoms with van der Waals surface area (Å²) in [6.07, 6.45) is 1.25. The van der Waals surface area contributed by atoms with E-state index >= 15 is 0 Å². The van der Waals surface area contributed by atoms with E-state index in [2.05, 4.69) is 4.90 Å². The van der Waals surface area contributed by atoms with Crippen molar-refractivity contribution >= 4 is 29.0 Å². The van der Waals surface area contributed by atoms with Crippen LogP contribution < -0.4 is 9.64 Å². The van der Waals surface area contributed by atoms with E-state index < -0.39 is 23.1 Å². The van der Waals surface area contributed by atoms with Crippen LogP contribution in [0.2, 0.25) is 0 Å². The molecule has 2 atom stereocenters. The van der Waals surface area contributed by atoms with Crippen LogP contribution >= 0.6 is 0 Å². The number of Topliss-reactive ketones (excluding diaryl/α,β-unsaturated/α-hetero) is 1. The molecule has 6 rings (SSSR count). The number of para-hydroxylation sites is 1. The zero-order chi connectivity index (χ0) is 27.3. The number of aliphatic hydroxyl groups excluding tert-OH is 1. The van der Waals surface area contributed by atoms with Crippen molar-refractivity contribution in [1.82, 2.24) is 9.80 Å². The van der Waals surface area contributed by atoms with Gasteiger partial charge in [0.1, 0.15) is 17.6 Å². The third-order valence-corrected chi connectivity index (χ3v) is 8.25. The average Bonchev–Trinajstić information content (AvgIpc) is 3.52. The van der Waals surface area contributed by atoms with Crippen LogP contribution in [-0.2, 0) is 31.1 Å². The van der Waals surface area contributed by atoms with E-state index in [9.17, 15) is 19.5 Å². The molecule has 9 heteroatoms. The average molecular weight is 532 g/mol. The number of likely N-dealkylation sites (N-methyl/N-ethyl adjacent to an activating group) is 1. The van der Waals surface area contributed by atoms with Crippen LogP contribution in [0, 0.1) is 0 Å². The van der Waals surface area contributed by atoms with E-state index in [4.69, 9.17) is 9.47 Å². The third kappa shape index (κ3) is 3.86. The topological polar surface area (TPSA) is 99.6 Å². The van der Waals surface area contributed by atoms with E-state index in [1.807, 2.05) is 26.0 Å². The minimum absolute atomic E-state index is 0.00874. The number of nitrogens with zero attached hydrogens (tertiary/aromatic N) is 3. The summed E-state index contributed by atoms with van der Waals surface area (Å²) in [5.41, 5.74) is 0.595. The van der Waals surface area contributed by atoms with Gasteiger partial charge >= 0.3 is 0 Å². The first-order chi connectivity index (χ1) is 18.9. The maximum absolute atomic E-state index is 14.3. The Bertz CT molecular complexity index is 1380. The van der Waals surface area contributed by atoms with Crippen LogP contribution in [0.15, 0.2) is 48.0 Å². The highest BCUT2D eigenvalue weighted by molar-refractivity contribution is 6.50. The van der Waals surface area contributed by atoms with E-state index in [0.717, 1.165) is 24.4 Å². The van der Waals surface area contributed by atoms with Gasteiger partial charge in [-0.1, -0.05) is 18.2 Å². The highest BCUT2D eigenvalue weighted by Crippen LogP contribution is 2.53. The highest BCUT2D eigenvalue weighted by atomic mass is 16.5. The van der Waals surface area contributed by atoms with Crippen molar-refractivity contribution in [1.29, 1.82) is 0 Å². The molecule has 39 heavy (non-hydrogen) atoms. The highest BCUT2D eigenvalue weighted by Gasteiger charge is 2.66. The number of ketones is 1. The van der Waals surface area contributed by atoms with Crippen molar-refractivity contribution in [3.8, 4) is 5.75 Å². The Morgan fingerprint density at radius 2 is 1.85 bits per heavy atom. The normalized spacial score (nSPS) is 25.9. The second-order valence-electron chi connectivity index (χ2n) is 10.5. The lowest BCUT2D eigenvalue weighted by Crippen LogP contribution is -2.52. The number of benzene rings is 2. The third-order valence-electron chi connectivity index (χ3n) is 8.25.